The van der Waals surface area contributed by atoms with Crippen LogP contribution in [0.25, 0.3) is 10.6 Å². The fourth-order valence-corrected chi connectivity index (χ4v) is 5.73. The van der Waals surface area contributed by atoms with E-state index in [2.05, 4.69) is 5.10 Å². The van der Waals surface area contributed by atoms with Crippen molar-refractivity contribution in [2.24, 2.45) is 0 Å². The van der Waals surface area contributed by atoms with Crippen molar-refractivity contribution in [2.45, 2.75) is 22.5 Å². The lowest BCUT2D eigenvalue weighted by atomic mass is 10.1. The van der Waals surface area contributed by atoms with E-state index in [-0.39, 0.29) is 17.0 Å². The number of alkyl halides is 3. The number of carbonyl (C=O) groups excluding carboxylic acids is 1. The van der Waals surface area contributed by atoms with Gasteiger partial charge in [0.2, 0.25) is 4.80 Å². The first-order valence-corrected chi connectivity index (χ1v) is 12.5. The molecule has 1 amide bonds. The van der Waals surface area contributed by atoms with Crippen molar-refractivity contribution >= 4 is 40.4 Å². The maximum absolute atomic E-state index is 13.6. The summed E-state index contributed by atoms with van der Waals surface area (Å²) in [5.74, 6) is 0.510. The van der Waals surface area contributed by atoms with Crippen molar-refractivity contribution in [1.82, 2.24) is 9.78 Å². The molecule has 190 valence electrons. The Morgan fingerprint density at radius 3 is 2.43 bits per heavy atom. The number of rotatable bonds is 5. The van der Waals surface area contributed by atoms with Gasteiger partial charge in [-0.05, 0) is 48.5 Å². The molecular weight excluding hydrogens is 525 g/mol. The van der Waals surface area contributed by atoms with Gasteiger partial charge in [0, 0.05) is 15.4 Å². The van der Waals surface area contributed by atoms with Crippen molar-refractivity contribution in [3.8, 4) is 22.1 Å². The summed E-state index contributed by atoms with van der Waals surface area (Å²) in [5.41, 5.74) is 0.447. The van der Waals surface area contributed by atoms with Gasteiger partial charge in [-0.2, -0.15) is 18.3 Å². The second-order valence-corrected chi connectivity index (χ2v) is 9.98. The minimum Gasteiger partial charge on any atom is -0.493 e. The first-order valence-electron chi connectivity index (χ1n) is 10.9. The second-order valence-electron chi connectivity index (χ2n) is 7.92. The number of amides is 1. The molecule has 2 heterocycles. The zero-order valence-electron chi connectivity index (χ0n) is 19.5. The van der Waals surface area contributed by atoms with Gasteiger partial charge in [0.15, 0.2) is 11.5 Å². The van der Waals surface area contributed by atoms with E-state index in [4.69, 9.17) is 14.9 Å². The van der Waals surface area contributed by atoms with Crippen LogP contribution in [-0.2, 0) is 17.5 Å². The molecule has 12 heteroatoms. The lowest BCUT2D eigenvalue weighted by Gasteiger charge is -2.31. The van der Waals surface area contributed by atoms with Crippen LogP contribution in [0.2, 0.25) is 0 Å². The number of carbonyl (C=O) groups is 1. The molecule has 0 unspecified atom stereocenters. The number of fused-ring (bicyclic) bond motifs is 2. The maximum atomic E-state index is 13.6. The molecule has 0 saturated carbocycles. The average molecular weight is 545 g/mol. The molecule has 0 spiro atoms. The highest BCUT2D eigenvalue weighted by Gasteiger charge is 2.35. The summed E-state index contributed by atoms with van der Waals surface area (Å²) >= 11 is 2.36. The summed E-state index contributed by atoms with van der Waals surface area (Å²) in [6, 6.07) is 15.6. The van der Waals surface area contributed by atoms with Crippen molar-refractivity contribution in [3.63, 3.8) is 0 Å². The van der Waals surface area contributed by atoms with E-state index in [0.717, 1.165) is 28.4 Å². The van der Waals surface area contributed by atoms with Crippen LogP contribution in [0, 0.1) is 5.41 Å². The molecule has 1 aliphatic heterocycles. The Balaban J connectivity index is 1.51. The van der Waals surface area contributed by atoms with Crippen molar-refractivity contribution in [2.75, 3.05) is 19.1 Å². The van der Waals surface area contributed by atoms with Crippen LogP contribution in [0.15, 0.2) is 70.5 Å². The van der Waals surface area contributed by atoms with Gasteiger partial charge in [0.1, 0.15) is 11.6 Å². The molecule has 1 aromatic heterocycles. The molecule has 4 aromatic rings. The van der Waals surface area contributed by atoms with Gasteiger partial charge in [0.05, 0.1) is 31.2 Å². The number of hydrogen-bond acceptors (Lipinski definition) is 7. The van der Waals surface area contributed by atoms with E-state index < -0.39 is 17.6 Å². The van der Waals surface area contributed by atoms with Gasteiger partial charge >= 0.3 is 6.18 Å². The van der Waals surface area contributed by atoms with Crippen LogP contribution >= 0.6 is 23.1 Å². The van der Waals surface area contributed by atoms with E-state index in [9.17, 15) is 18.0 Å². The Labute approximate surface area is 217 Å². The number of methoxy groups -OCH3 is 2. The van der Waals surface area contributed by atoms with Crippen molar-refractivity contribution in [3.05, 3.63) is 71.0 Å². The van der Waals surface area contributed by atoms with Crippen molar-refractivity contribution in [1.29, 1.82) is 5.41 Å². The Morgan fingerprint density at radius 2 is 1.70 bits per heavy atom. The summed E-state index contributed by atoms with van der Waals surface area (Å²) in [6.45, 7) is -0.336. The first kappa shape index (κ1) is 24.9. The number of anilines is 2. The quantitative estimate of drug-likeness (QED) is 0.336. The topological polar surface area (TPSA) is 80.4 Å². The normalized spacial score (nSPS) is 12.6. The fraction of sp³-hybridized carbons (Fsp3) is 0.160. The molecule has 0 atom stereocenters. The van der Waals surface area contributed by atoms with Gasteiger partial charge < -0.3 is 9.47 Å². The number of hydrogen-bond donors (Lipinski definition) is 1. The lowest BCUT2D eigenvalue weighted by Crippen LogP contribution is -2.34. The molecule has 7 nitrogen and oxygen atoms in total. The predicted molar refractivity (Wildman–Crippen MR) is 134 cm³/mol. The molecule has 0 aliphatic carbocycles. The minimum atomic E-state index is -4.56. The van der Waals surface area contributed by atoms with Gasteiger partial charge in [-0.15, -0.1) is 0 Å². The first-order chi connectivity index (χ1) is 17.7. The molecule has 37 heavy (non-hydrogen) atoms. The molecule has 5 rings (SSSR count). The largest absolute Gasteiger partial charge is 0.493 e. The minimum absolute atomic E-state index is 0.0158. The van der Waals surface area contributed by atoms with Gasteiger partial charge in [-0.3, -0.25) is 15.1 Å². The molecule has 0 bridgehead atoms. The average Bonchev–Trinajstić information content (AvgIpc) is 3.25. The Kier molecular flexibility index (Phi) is 6.46. The molecule has 0 saturated heterocycles. The SMILES string of the molecule is COc1ccc(-c2nn(CC(=O)N3c4ccccc4Sc4ccc(C(F)(F)F)cc43)c(=N)s2)cc1OC. The smallest absolute Gasteiger partial charge is 0.416 e. The number of ether oxygens (including phenoxy) is 2. The second kappa shape index (κ2) is 9.60. The number of nitrogens with one attached hydrogen (secondary N) is 1. The molecule has 1 N–H and O–H groups in total. The van der Waals surface area contributed by atoms with E-state index in [1.54, 1.807) is 36.4 Å². The van der Waals surface area contributed by atoms with E-state index >= 15 is 0 Å². The number of nitrogens with zero attached hydrogens (tertiary/aromatic N) is 3. The van der Waals surface area contributed by atoms with Crippen LogP contribution in [0.4, 0.5) is 24.5 Å². The summed E-state index contributed by atoms with van der Waals surface area (Å²) in [7, 11) is 3.03. The Bertz CT molecular complexity index is 1570. The zero-order chi connectivity index (χ0) is 26.3. The summed E-state index contributed by atoms with van der Waals surface area (Å²) < 4.78 is 52.3. The van der Waals surface area contributed by atoms with E-state index in [1.165, 1.54) is 41.6 Å². The highest BCUT2D eigenvalue weighted by Crippen LogP contribution is 2.49. The van der Waals surface area contributed by atoms with Crippen molar-refractivity contribution < 1.29 is 27.4 Å². The third-order valence-corrected chi connectivity index (χ3v) is 7.70. The maximum Gasteiger partial charge on any atom is 0.416 e. The fourth-order valence-electron chi connectivity index (χ4n) is 3.91. The van der Waals surface area contributed by atoms with Gasteiger partial charge in [-0.1, -0.05) is 35.2 Å². The Hall–Kier alpha value is -3.77. The van der Waals surface area contributed by atoms with Gasteiger partial charge in [-0.25, -0.2) is 4.68 Å². The Morgan fingerprint density at radius 1 is 0.973 bits per heavy atom. The summed E-state index contributed by atoms with van der Waals surface area (Å²) in [5, 5.41) is 13.3. The highest BCUT2D eigenvalue weighted by molar-refractivity contribution is 7.99. The number of aromatic nitrogens is 2. The number of benzene rings is 3. The lowest BCUT2D eigenvalue weighted by molar-refractivity contribution is -0.137. The number of halogens is 3. The van der Waals surface area contributed by atoms with Crippen LogP contribution in [0.3, 0.4) is 0 Å². The van der Waals surface area contributed by atoms with Crippen LogP contribution in [0.1, 0.15) is 5.56 Å². The third-order valence-electron chi connectivity index (χ3n) is 5.66. The third kappa shape index (κ3) is 4.69. The van der Waals surface area contributed by atoms with E-state index in [1.807, 2.05) is 6.07 Å². The van der Waals surface area contributed by atoms with Crippen LogP contribution in [0.5, 0.6) is 11.5 Å². The monoisotopic (exact) mass is 544 g/mol. The predicted octanol–water partition coefficient (Wildman–Crippen LogP) is 5.96. The standard InChI is InChI=1S/C25H19F3N4O3S2/c1-34-18-9-7-14(11-19(18)35-2)23-30-31(24(29)37-23)13-22(33)32-16-5-3-4-6-20(16)36-21-10-8-15(12-17(21)32)25(26,27)28/h3-12,29H,13H2,1-2H3. The molecule has 0 fully saturated rings. The highest BCUT2D eigenvalue weighted by atomic mass is 32.2. The summed E-state index contributed by atoms with van der Waals surface area (Å²) in [4.78, 5) is 16.2. The zero-order valence-corrected chi connectivity index (χ0v) is 21.1. The molecule has 3 aromatic carbocycles. The molecular formula is C25H19F3N4O3S2. The molecule has 1 aliphatic rings. The summed E-state index contributed by atoms with van der Waals surface area (Å²) in [6.07, 6.45) is -4.56. The molecule has 0 radical (unpaired) electrons. The van der Waals surface area contributed by atoms with E-state index in [0.29, 0.717) is 32.7 Å². The van der Waals surface area contributed by atoms with Gasteiger partial charge in [0.25, 0.3) is 5.91 Å². The number of para-hydroxylation sites is 1. The van der Waals surface area contributed by atoms with Crippen LogP contribution in [-0.4, -0.2) is 29.9 Å². The van der Waals surface area contributed by atoms with Crippen LogP contribution < -0.4 is 19.2 Å².